The van der Waals surface area contributed by atoms with E-state index in [9.17, 15) is 4.79 Å². The first-order valence-electron chi connectivity index (χ1n) is 7.79. The number of aliphatic carboxylic acids is 1. The van der Waals surface area contributed by atoms with E-state index in [0.29, 0.717) is 19.4 Å². The van der Waals surface area contributed by atoms with Crippen LogP contribution in [0.3, 0.4) is 0 Å². The number of rotatable bonds is 9. The second-order valence-corrected chi connectivity index (χ2v) is 6.73. The summed E-state index contributed by atoms with van der Waals surface area (Å²) in [6.45, 7) is 2.23. The minimum absolute atomic E-state index is 0.343. The van der Waals surface area contributed by atoms with Crippen molar-refractivity contribution >= 4 is 17.3 Å². The topological polar surface area (TPSA) is 72.5 Å². The van der Waals surface area contributed by atoms with Gasteiger partial charge in [0.2, 0.25) is 0 Å². The van der Waals surface area contributed by atoms with E-state index in [-0.39, 0.29) is 6.04 Å². The van der Waals surface area contributed by atoms with Gasteiger partial charge in [0.05, 0.1) is 12.5 Å². The van der Waals surface area contributed by atoms with E-state index >= 15 is 0 Å². The Balaban J connectivity index is 1.75. The van der Waals surface area contributed by atoms with Gasteiger partial charge in [-0.1, -0.05) is 18.2 Å². The van der Waals surface area contributed by atoms with Crippen LogP contribution in [0.1, 0.15) is 30.2 Å². The van der Waals surface area contributed by atoms with Gasteiger partial charge in [-0.3, -0.25) is 4.79 Å². The van der Waals surface area contributed by atoms with Crippen molar-refractivity contribution in [2.45, 2.75) is 32.2 Å². The molecule has 0 spiro atoms. The maximum Gasteiger partial charge on any atom is 0.308 e. The number of hydrogen-bond donors (Lipinski definition) is 2. The normalized spacial score (nSPS) is 13.5. The van der Waals surface area contributed by atoms with Gasteiger partial charge in [-0.05, 0) is 48.9 Å². The van der Waals surface area contributed by atoms with Crippen LogP contribution in [0.2, 0.25) is 0 Å². The minimum Gasteiger partial charge on any atom is -0.494 e. The molecule has 1 heterocycles. The molecule has 0 saturated carbocycles. The summed E-state index contributed by atoms with van der Waals surface area (Å²) in [7, 11) is 0. The zero-order valence-corrected chi connectivity index (χ0v) is 14.1. The molecular formula is C18H23NO3S. The number of thiophene rings is 1. The molecule has 1 aromatic heterocycles. The maximum absolute atomic E-state index is 11.1. The number of ether oxygens (including phenoxy) is 1. The van der Waals surface area contributed by atoms with Gasteiger partial charge < -0.3 is 15.6 Å². The fourth-order valence-electron chi connectivity index (χ4n) is 2.42. The van der Waals surface area contributed by atoms with E-state index in [0.717, 1.165) is 12.2 Å². The molecule has 3 N–H and O–H groups in total. The molecule has 2 rings (SSSR count). The Kier molecular flexibility index (Phi) is 6.62. The second-order valence-electron chi connectivity index (χ2n) is 5.69. The number of benzene rings is 1. The van der Waals surface area contributed by atoms with E-state index in [1.165, 1.54) is 10.4 Å². The Morgan fingerprint density at radius 2 is 2.04 bits per heavy atom. The van der Waals surface area contributed by atoms with Gasteiger partial charge >= 0.3 is 5.97 Å². The first-order chi connectivity index (χ1) is 11.1. The van der Waals surface area contributed by atoms with Crippen LogP contribution in [0.5, 0.6) is 5.75 Å². The van der Waals surface area contributed by atoms with E-state index < -0.39 is 11.9 Å². The molecule has 2 aromatic rings. The lowest BCUT2D eigenvalue weighted by molar-refractivity contribution is -0.142. The molecule has 1 aromatic carbocycles. The quantitative estimate of drug-likeness (QED) is 0.688. The Bertz CT molecular complexity index is 593. The molecule has 0 bridgehead atoms. The molecule has 0 aliphatic carbocycles. The molecule has 0 aliphatic heterocycles. The van der Waals surface area contributed by atoms with Crippen LogP contribution in [0.4, 0.5) is 0 Å². The first-order valence-corrected chi connectivity index (χ1v) is 8.66. The molecule has 0 aliphatic rings. The van der Waals surface area contributed by atoms with Crippen LogP contribution in [0, 0.1) is 5.92 Å². The van der Waals surface area contributed by atoms with Crippen molar-refractivity contribution in [3.8, 4) is 5.75 Å². The highest BCUT2D eigenvalue weighted by molar-refractivity contribution is 7.09. The lowest BCUT2D eigenvalue weighted by Crippen LogP contribution is -2.33. The number of carbonyl (C=O) groups is 1. The molecule has 2 atom stereocenters. The highest BCUT2D eigenvalue weighted by Crippen LogP contribution is 2.18. The lowest BCUT2D eigenvalue weighted by atomic mass is 9.97. The molecule has 23 heavy (non-hydrogen) atoms. The molecule has 0 fully saturated rings. The molecule has 0 radical (unpaired) electrons. The van der Waals surface area contributed by atoms with Gasteiger partial charge in [-0.2, -0.15) is 0 Å². The van der Waals surface area contributed by atoms with E-state index in [1.54, 1.807) is 18.3 Å². The highest BCUT2D eigenvalue weighted by Gasteiger charge is 2.21. The number of carboxylic acid groups (broad SMARTS) is 1. The summed E-state index contributed by atoms with van der Waals surface area (Å²) >= 11 is 1.76. The Labute approximate surface area is 140 Å². The summed E-state index contributed by atoms with van der Waals surface area (Å²) in [5, 5.41) is 11.2. The van der Waals surface area contributed by atoms with Gasteiger partial charge in [0.15, 0.2) is 0 Å². The number of carboxylic acids is 1. The SMILES string of the molecule is CC(N)C(CCCOc1ccc(Cc2cccs2)cc1)C(=O)O. The maximum atomic E-state index is 11.1. The summed E-state index contributed by atoms with van der Waals surface area (Å²) in [5.41, 5.74) is 6.93. The minimum atomic E-state index is -0.835. The molecule has 5 heteroatoms. The summed E-state index contributed by atoms with van der Waals surface area (Å²) < 4.78 is 5.67. The van der Waals surface area contributed by atoms with Gasteiger partial charge in [0.1, 0.15) is 5.75 Å². The van der Waals surface area contributed by atoms with Crippen LogP contribution >= 0.6 is 11.3 Å². The predicted molar refractivity (Wildman–Crippen MR) is 93.1 cm³/mol. The van der Waals surface area contributed by atoms with Crippen LogP contribution in [0.15, 0.2) is 41.8 Å². The lowest BCUT2D eigenvalue weighted by Gasteiger charge is -2.16. The number of hydrogen-bond acceptors (Lipinski definition) is 4. The zero-order chi connectivity index (χ0) is 16.7. The summed E-state index contributed by atoms with van der Waals surface area (Å²) in [6.07, 6.45) is 2.14. The predicted octanol–water partition coefficient (Wildman–Crippen LogP) is 3.55. The Hall–Kier alpha value is -1.85. The standard InChI is InChI=1S/C18H23NO3S/c1-13(19)17(18(20)21)5-2-10-22-15-8-6-14(7-9-15)12-16-4-3-11-23-16/h3-4,6-9,11,13,17H,2,5,10,12,19H2,1H3,(H,20,21). The van der Waals surface area contributed by atoms with Crippen LogP contribution in [-0.4, -0.2) is 23.7 Å². The van der Waals surface area contributed by atoms with Crippen molar-refractivity contribution in [2.24, 2.45) is 11.7 Å². The van der Waals surface area contributed by atoms with Crippen molar-refractivity contribution in [1.29, 1.82) is 0 Å². The van der Waals surface area contributed by atoms with Crippen LogP contribution < -0.4 is 10.5 Å². The zero-order valence-electron chi connectivity index (χ0n) is 13.3. The van der Waals surface area contributed by atoms with E-state index in [4.69, 9.17) is 15.6 Å². The number of nitrogens with two attached hydrogens (primary N) is 1. The summed E-state index contributed by atoms with van der Waals surface area (Å²) in [5.74, 6) is -0.530. The molecule has 124 valence electrons. The largest absolute Gasteiger partial charge is 0.494 e. The summed E-state index contributed by atoms with van der Waals surface area (Å²) in [6, 6.07) is 11.9. The molecular weight excluding hydrogens is 310 g/mol. The second kappa shape index (κ2) is 8.70. The Morgan fingerprint density at radius 3 is 2.61 bits per heavy atom. The van der Waals surface area contributed by atoms with Crippen molar-refractivity contribution in [3.05, 3.63) is 52.2 Å². The van der Waals surface area contributed by atoms with Gasteiger partial charge in [0, 0.05) is 17.3 Å². The fraction of sp³-hybridized carbons (Fsp3) is 0.389. The molecule has 4 nitrogen and oxygen atoms in total. The first kappa shape index (κ1) is 17.5. The van der Waals surface area contributed by atoms with Gasteiger partial charge in [0.25, 0.3) is 0 Å². The van der Waals surface area contributed by atoms with Crippen molar-refractivity contribution in [3.63, 3.8) is 0 Å². The van der Waals surface area contributed by atoms with Gasteiger partial charge in [-0.15, -0.1) is 11.3 Å². The highest BCUT2D eigenvalue weighted by atomic mass is 32.1. The van der Waals surface area contributed by atoms with Gasteiger partial charge in [-0.25, -0.2) is 0 Å². The molecule has 2 unspecified atom stereocenters. The van der Waals surface area contributed by atoms with Crippen molar-refractivity contribution in [1.82, 2.24) is 0 Å². The smallest absolute Gasteiger partial charge is 0.308 e. The van der Waals surface area contributed by atoms with Crippen molar-refractivity contribution in [2.75, 3.05) is 6.61 Å². The van der Waals surface area contributed by atoms with E-state index in [1.807, 2.05) is 12.1 Å². The van der Waals surface area contributed by atoms with Crippen molar-refractivity contribution < 1.29 is 14.6 Å². The molecule has 0 amide bonds. The average molecular weight is 333 g/mol. The Morgan fingerprint density at radius 1 is 1.30 bits per heavy atom. The summed E-state index contributed by atoms with van der Waals surface area (Å²) in [4.78, 5) is 12.4. The third-order valence-electron chi connectivity index (χ3n) is 3.76. The fourth-order valence-corrected chi connectivity index (χ4v) is 3.16. The molecule has 0 saturated heterocycles. The third-order valence-corrected chi connectivity index (χ3v) is 4.64. The van der Waals surface area contributed by atoms with Crippen LogP contribution in [-0.2, 0) is 11.2 Å². The monoisotopic (exact) mass is 333 g/mol. The van der Waals surface area contributed by atoms with E-state index in [2.05, 4.69) is 29.6 Å². The average Bonchev–Trinajstić information content (AvgIpc) is 3.01. The third kappa shape index (κ3) is 5.69. The van der Waals surface area contributed by atoms with Crippen LogP contribution in [0.25, 0.3) is 0 Å².